The molecule has 2 aromatic rings. The van der Waals surface area contributed by atoms with Gasteiger partial charge in [-0.05, 0) is 24.0 Å². The zero-order chi connectivity index (χ0) is 22.3. The second-order valence-corrected chi connectivity index (χ2v) is 6.50. The van der Waals surface area contributed by atoms with E-state index in [-0.39, 0.29) is 23.0 Å². The lowest BCUT2D eigenvalue weighted by Gasteiger charge is -2.15. The van der Waals surface area contributed by atoms with E-state index in [0.717, 1.165) is 24.1 Å². The van der Waals surface area contributed by atoms with Crippen LogP contribution in [0.4, 0.5) is 11.4 Å². The smallest absolute Gasteiger partial charge is 0.345 e. The number of rotatable bonds is 9. The topological polar surface area (TPSA) is 117 Å². The Kier molecular flexibility index (Phi) is 7.74. The van der Waals surface area contributed by atoms with Crippen LogP contribution in [0.5, 0.6) is 11.5 Å². The molecule has 0 saturated carbocycles. The minimum absolute atomic E-state index is 0.0974. The van der Waals surface area contributed by atoms with Crippen LogP contribution in [0.15, 0.2) is 36.4 Å². The summed E-state index contributed by atoms with van der Waals surface area (Å²) >= 11 is 0. The van der Waals surface area contributed by atoms with Crippen molar-refractivity contribution in [3.05, 3.63) is 57.6 Å². The third-order valence-electron chi connectivity index (χ3n) is 4.63. The molecule has 0 aliphatic carbocycles. The first-order valence-corrected chi connectivity index (χ1v) is 9.28. The Morgan fingerprint density at radius 2 is 1.77 bits per heavy atom. The van der Waals surface area contributed by atoms with E-state index in [0.29, 0.717) is 5.69 Å². The zero-order valence-electron chi connectivity index (χ0n) is 17.3. The molecule has 0 unspecified atom stereocenters. The molecule has 9 heteroatoms. The summed E-state index contributed by atoms with van der Waals surface area (Å²) in [5.74, 6) is -1.11. The van der Waals surface area contributed by atoms with Crippen molar-refractivity contribution in [2.24, 2.45) is 0 Å². The molecule has 1 amide bonds. The van der Waals surface area contributed by atoms with Gasteiger partial charge < -0.3 is 19.5 Å². The molecule has 0 aliphatic rings. The van der Waals surface area contributed by atoms with Gasteiger partial charge in [-0.2, -0.15) is 0 Å². The Morgan fingerprint density at radius 3 is 2.37 bits per heavy atom. The van der Waals surface area contributed by atoms with Crippen LogP contribution in [0.1, 0.15) is 42.1 Å². The Morgan fingerprint density at radius 1 is 1.13 bits per heavy atom. The fourth-order valence-corrected chi connectivity index (χ4v) is 2.84. The Bertz CT molecular complexity index is 943. The van der Waals surface area contributed by atoms with Gasteiger partial charge in [0.2, 0.25) is 0 Å². The molecule has 0 heterocycles. The lowest BCUT2D eigenvalue weighted by atomic mass is 9.97. The number of nitro benzene ring substituents is 1. The molecular weight excluding hydrogens is 392 g/mol. The van der Waals surface area contributed by atoms with Gasteiger partial charge in [-0.1, -0.05) is 32.0 Å². The molecular formula is C21H24N2O7. The molecule has 9 nitrogen and oxygen atoms in total. The van der Waals surface area contributed by atoms with Gasteiger partial charge in [0.15, 0.2) is 18.1 Å². The molecule has 1 atom stereocenters. The van der Waals surface area contributed by atoms with Gasteiger partial charge in [0.25, 0.3) is 11.6 Å². The molecule has 0 bridgehead atoms. The van der Waals surface area contributed by atoms with Gasteiger partial charge in [-0.25, -0.2) is 4.79 Å². The van der Waals surface area contributed by atoms with Crippen LogP contribution in [-0.4, -0.2) is 37.6 Å². The fraction of sp³-hybridized carbons (Fsp3) is 0.333. The lowest BCUT2D eigenvalue weighted by molar-refractivity contribution is -0.385. The summed E-state index contributed by atoms with van der Waals surface area (Å²) < 4.78 is 15.1. The van der Waals surface area contributed by atoms with Gasteiger partial charge >= 0.3 is 5.97 Å². The van der Waals surface area contributed by atoms with E-state index in [2.05, 4.69) is 5.32 Å². The van der Waals surface area contributed by atoms with E-state index >= 15 is 0 Å². The lowest BCUT2D eigenvalue weighted by Crippen LogP contribution is -2.22. The Labute approximate surface area is 174 Å². The number of hydrogen-bond donors (Lipinski definition) is 1. The van der Waals surface area contributed by atoms with Gasteiger partial charge in [-0.3, -0.25) is 14.9 Å². The number of methoxy groups -OCH3 is 2. The normalized spacial score (nSPS) is 11.3. The molecule has 2 rings (SSSR count). The average Bonchev–Trinajstić information content (AvgIpc) is 2.76. The largest absolute Gasteiger partial charge is 0.493 e. The highest BCUT2D eigenvalue weighted by Crippen LogP contribution is 2.34. The van der Waals surface area contributed by atoms with E-state index in [1.54, 1.807) is 12.1 Å². The highest BCUT2D eigenvalue weighted by molar-refractivity contribution is 5.98. The first kappa shape index (κ1) is 22.7. The van der Waals surface area contributed by atoms with Crippen molar-refractivity contribution in [3.63, 3.8) is 0 Å². The average molecular weight is 416 g/mol. The summed E-state index contributed by atoms with van der Waals surface area (Å²) in [6.45, 7) is 3.49. The van der Waals surface area contributed by atoms with Crippen molar-refractivity contribution in [2.75, 3.05) is 26.1 Å². The maximum absolute atomic E-state index is 12.4. The number of anilines is 1. The Hall–Kier alpha value is -3.62. The van der Waals surface area contributed by atoms with Crippen LogP contribution in [-0.2, 0) is 9.53 Å². The van der Waals surface area contributed by atoms with Crippen molar-refractivity contribution in [1.82, 2.24) is 0 Å². The first-order valence-electron chi connectivity index (χ1n) is 9.28. The maximum Gasteiger partial charge on any atom is 0.345 e. The third-order valence-corrected chi connectivity index (χ3v) is 4.63. The maximum atomic E-state index is 12.4. The minimum Gasteiger partial charge on any atom is -0.493 e. The van der Waals surface area contributed by atoms with Crippen LogP contribution in [0, 0.1) is 10.1 Å². The molecule has 0 spiro atoms. The summed E-state index contributed by atoms with van der Waals surface area (Å²) in [6, 6.07) is 9.57. The van der Waals surface area contributed by atoms with Crippen molar-refractivity contribution < 1.29 is 28.7 Å². The third kappa shape index (κ3) is 5.25. The molecule has 0 saturated heterocycles. The van der Waals surface area contributed by atoms with Crippen LogP contribution >= 0.6 is 0 Å². The van der Waals surface area contributed by atoms with Crippen molar-refractivity contribution in [2.45, 2.75) is 26.2 Å². The predicted molar refractivity (Wildman–Crippen MR) is 110 cm³/mol. The predicted octanol–water partition coefficient (Wildman–Crippen LogP) is 3.92. The SMILES string of the molecule is CC[C@H](C)c1ccccc1NC(=O)COC(=O)c1cc(OC)c(OC)cc1[N+](=O)[O-]. The van der Waals surface area contributed by atoms with E-state index in [4.69, 9.17) is 14.2 Å². The van der Waals surface area contributed by atoms with Crippen molar-refractivity contribution in [3.8, 4) is 11.5 Å². The highest BCUT2D eigenvalue weighted by Gasteiger charge is 2.26. The Balaban J connectivity index is 2.14. The second-order valence-electron chi connectivity index (χ2n) is 6.50. The van der Waals surface area contributed by atoms with Crippen molar-refractivity contribution in [1.29, 1.82) is 0 Å². The number of para-hydroxylation sites is 1. The van der Waals surface area contributed by atoms with E-state index < -0.39 is 29.1 Å². The summed E-state index contributed by atoms with van der Waals surface area (Å²) in [5, 5.41) is 14.0. The number of amides is 1. The number of nitrogens with one attached hydrogen (secondary N) is 1. The van der Waals surface area contributed by atoms with Gasteiger partial charge in [0, 0.05) is 11.8 Å². The highest BCUT2D eigenvalue weighted by atomic mass is 16.6. The summed E-state index contributed by atoms with van der Waals surface area (Å²) in [7, 11) is 2.65. The molecule has 0 aromatic heterocycles. The number of nitrogens with zero attached hydrogens (tertiary/aromatic N) is 1. The van der Waals surface area contributed by atoms with Crippen LogP contribution in [0.3, 0.4) is 0 Å². The summed E-state index contributed by atoms with van der Waals surface area (Å²) in [5.41, 5.74) is 0.742. The fourth-order valence-electron chi connectivity index (χ4n) is 2.84. The van der Waals surface area contributed by atoms with E-state index in [1.165, 1.54) is 14.2 Å². The number of hydrogen-bond acceptors (Lipinski definition) is 7. The first-order chi connectivity index (χ1) is 14.3. The monoisotopic (exact) mass is 416 g/mol. The van der Waals surface area contributed by atoms with Gasteiger partial charge in [0.1, 0.15) is 5.56 Å². The number of ether oxygens (including phenoxy) is 3. The molecule has 160 valence electrons. The van der Waals surface area contributed by atoms with Crippen LogP contribution in [0.25, 0.3) is 0 Å². The molecule has 0 radical (unpaired) electrons. The zero-order valence-corrected chi connectivity index (χ0v) is 17.3. The number of nitro groups is 1. The molecule has 2 aromatic carbocycles. The second kappa shape index (κ2) is 10.2. The molecule has 0 fully saturated rings. The number of benzene rings is 2. The number of carbonyl (C=O) groups excluding carboxylic acids is 2. The molecule has 30 heavy (non-hydrogen) atoms. The van der Waals surface area contributed by atoms with Crippen LogP contribution in [0.2, 0.25) is 0 Å². The minimum atomic E-state index is -1.02. The van der Waals surface area contributed by atoms with Crippen LogP contribution < -0.4 is 14.8 Å². The number of esters is 1. The molecule has 0 aliphatic heterocycles. The molecule has 1 N–H and O–H groups in total. The summed E-state index contributed by atoms with van der Waals surface area (Å²) in [4.78, 5) is 35.3. The number of carbonyl (C=O) groups is 2. The van der Waals surface area contributed by atoms with Crippen molar-refractivity contribution >= 4 is 23.3 Å². The van der Waals surface area contributed by atoms with Gasteiger partial charge in [0.05, 0.1) is 25.2 Å². The summed E-state index contributed by atoms with van der Waals surface area (Å²) in [6.07, 6.45) is 0.894. The van der Waals surface area contributed by atoms with E-state index in [1.807, 2.05) is 26.0 Å². The quantitative estimate of drug-likeness (QED) is 0.374. The van der Waals surface area contributed by atoms with E-state index in [9.17, 15) is 19.7 Å². The standard InChI is InChI=1S/C21H24N2O7/c1-5-13(2)14-8-6-7-9-16(14)22-20(24)12-30-21(25)15-10-18(28-3)19(29-4)11-17(15)23(26)27/h6-11,13H,5,12H2,1-4H3,(H,22,24)/t13-/m0/s1. The van der Waals surface area contributed by atoms with Gasteiger partial charge in [-0.15, -0.1) is 0 Å².